The van der Waals surface area contributed by atoms with Crippen LogP contribution in [-0.2, 0) is 24.4 Å². The molecule has 3 aromatic heterocycles. The fraction of sp³-hybridized carbons (Fsp3) is 0.282. The smallest absolute Gasteiger partial charge is 0.309 e. The van der Waals surface area contributed by atoms with E-state index in [4.69, 9.17) is 9.47 Å². The Bertz CT molecular complexity index is 2140. The van der Waals surface area contributed by atoms with Gasteiger partial charge in [-0.3, -0.25) is 4.79 Å². The van der Waals surface area contributed by atoms with Crippen molar-refractivity contribution in [3.05, 3.63) is 108 Å². The summed E-state index contributed by atoms with van der Waals surface area (Å²) in [4.78, 5) is 18.1. The molecule has 3 heterocycles. The SMILES string of the molecule is COc1ccc(-c2ccc(Cn3c(CC(C)(C)C(=O)O)c(SC(C)(C)C)c4cc(OCc5ccc6cc(F)ccc6n5)ccc43)cc2)nn1. The number of rotatable bonds is 11. The quantitative estimate of drug-likeness (QED) is 0.136. The number of thioether (sulfide) groups is 1. The molecule has 0 aliphatic carbocycles. The van der Waals surface area contributed by atoms with E-state index in [-0.39, 0.29) is 17.2 Å². The first-order valence-corrected chi connectivity index (χ1v) is 16.8. The highest BCUT2D eigenvalue weighted by Crippen LogP contribution is 2.44. The second-order valence-electron chi connectivity index (χ2n) is 13.7. The van der Waals surface area contributed by atoms with Gasteiger partial charge in [-0.2, -0.15) is 0 Å². The Balaban J connectivity index is 1.38. The average molecular weight is 679 g/mol. The molecule has 0 atom stereocenters. The summed E-state index contributed by atoms with van der Waals surface area (Å²) in [5.41, 5.74) is 5.13. The number of ether oxygens (including phenoxy) is 2. The van der Waals surface area contributed by atoms with Crippen molar-refractivity contribution in [2.24, 2.45) is 5.41 Å². The van der Waals surface area contributed by atoms with Crippen molar-refractivity contribution in [3.8, 4) is 22.9 Å². The van der Waals surface area contributed by atoms with Crippen molar-refractivity contribution in [3.63, 3.8) is 0 Å². The molecule has 0 aliphatic heterocycles. The maximum absolute atomic E-state index is 13.7. The molecule has 0 amide bonds. The van der Waals surface area contributed by atoms with Crippen LogP contribution in [0.5, 0.6) is 11.6 Å². The van der Waals surface area contributed by atoms with Gasteiger partial charge in [-0.1, -0.05) is 51.1 Å². The van der Waals surface area contributed by atoms with Crippen LogP contribution < -0.4 is 9.47 Å². The van der Waals surface area contributed by atoms with Crippen LogP contribution in [0.4, 0.5) is 4.39 Å². The summed E-state index contributed by atoms with van der Waals surface area (Å²) in [6, 6.07) is 26.1. The molecular weight excluding hydrogens is 640 g/mol. The minimum atomic E-state index is -1.000. The number of pyridine rings is 1. The molecule has 1 N–H and O–H groups in total. The third-order valence-electron chi connectivity index (χ3n) is 8.22. The first kappa shape index (κ1) is 33.9. The van der Waals surface area contributed by atoms with Gasteiger partial charge < -0.3 is 19.1 Å². The Kier molecular flexibility index (Phi) is 9.35. The van der Waals surface area contributed by atoms with Crippen LogP contribution in [0.1, 0.15) is 51.6 Å². The fourth-order valence-electron chi connectivity index (χ4n) is 5.64. The molecule has 49 heavy (non-hydrogen) atoms. The van der Waals surface area contributed by atoms with Gasteiger partial charge >= 0.3 is 5.97 Å². The second kappa shape index (κ2) is 13.5. The number of aliphatic carboxylic acids is 1. The van der Waals surface area contributed by atoms with Crippen LogP contribution in [0, 0.1) is 11.2 Å². The van der Waals surface area contributed by atoms with E-state index in [0.29, 0.717) is 30.1 Å². The van der Waals surface area contributed by atoms with E-state index in [1.807, 2.05) is 48.5 Å². The predicted octanol–water partition coefficient (Wildman–Crippen LogP) is 8.97. The summed E-state index contributed by atoms with van der Waals surface area (Å²) in [7, 11) is 1.56. The van der Waals surface area contributed by atoms with Gasteiger partial charge in [-0.15, -0.1) is 22.0 Å². The molecule has 0 bridgehead atoms. The monoisotopic (exact) mass is 678 g/mol. The maximum Gasteiger partial charge on any atom is 0.309 e. The number of carbonyl (C=O) groups is 1. The third-order valence-corrected chi connectivity index (χ3v) is 9.50. The van der Waals surface area contributed by atoms with Gasteiger partial charge in [0.1, 0.15) is 18.2 Å². The largest absolute Gasteiger partial charge is 0.487 e. The fourth-order valence-corrected chi connectivity index (χ4v) is 6.82. The Morgan fingerprint density at radius 2 is 1.69 bits per heavy atom. The standard InChI is InChI=1S/C39H39FN4O4S/c1-38(2,3)49-36-30-20-29(48-23-28-13-11-26-19-27(40)12-15-31(26)41-28)14-17-33(30)44(34(36)21-39(4,5)37(45)46)22-24-7-9-25(10-8-24)32-16-18-35(47-6)43-42-32/h7-20H,21-23H2,1-6H3,(H,45,46). The van der Waals surface area contributed by atoms with E-state index >= 15 is 0 Å². The third kappa shape index (κ3) is 7.70. The van der Waals surface area contributed by atoms with Gasteiger partial charge in [-0.25, -0.2) is 9.37 Å². The number of hydrogen-bond acceptors (Lipinski definition) is 7. The highest BCUT2D eigenvalue weighted by Gasteiger charge is 2.33. The number of benzene rings is 3. The molecule has 0 fully saturated rings. The van der Waals surface area contributed by atoms with Gasteiger partial charge in [0.25, 0.3) is 0 Å². The summed E-state index contributed by atoms with van der Waals surface area (Å²) in [5, 5.41) is 20.3. The van der Waals surface area contributed by atoms with Crippen molar-refractivity contribution in [2.45, 2.75) is 63.8 Å². The minimum absolute atomic E-state index is 0.145. The molecule has 3 aromatic carbocycles. The number of fused-ring (bicyclic) bond motifs is 2. The maximum atomic E-state index is 13.7. The molecule has 0 saturated carbocycles. The van der Waals surface area contributed by atoms with Gasteiger partial charge in [0.2, 0.25) is 5.88 Å². The molecule has 8 nitrogen and oxygen atoms in total. The Morgan fingerprint density at radius 3 is 2.37 bits per heavy atom. The van der Waals surface area contributed by atoms with E-state index < -0.39 is 11.4 Å². The normalized spacial score (nSPS) is 12.1. The molecule has 0 aliphatic rings. The summed E-state index contributed by atoms with van der Waals surface area (Å²) < 4.78 is 27.2. The van der Waals surface area contributed by atoms with E-state index in [2.05, 4.69) is 52.7 Å². The number of carboxylic acids is 1. The molecule has 252 valence electrons. The van der Waals surface area contributed by atoms with E-state index in [0.717, 1.165) is 49.4 Å². The van der Waals surface area contributed by atoms with Crippen molar-refractivity contribution >= 4 is 39.5 Å². The molecule has 10 heteroatoms. The van der Waals surface area contributed by atoms with E-state index in [9.17, 15) is 14.3 Å². The lowest BCUT2D eigenvalue weighted by molar-refractivity contribution is -0.146. The first-order valence-electron chi connectivity index (χ1n) is 16.0. The molecule has 0 spiro atoms. The van der Waals surface area contributed by atoms with Crippen molar-refractivity contribution in [1.29, 1.82) is 0 Å². The highest BCUT2D eigenvalue weighted by molar-refractivity contribution is 8.00. The molecule has 0 radical (unpaired) electrons. The number of carboxylic acid groups (broad SMARTS) is 1. The highest BCUT2D eigenvalue weighted by atomic mass is 32.2. The number of halogens is 1. The molecule has 0 saturated heterocycles. The summed E-state index contributed by atoms with van der Waals surface area (Å²) in [6.07, 6.45) is 0.340. The molecular formula is C39H39FN4O4S. The van der Waals surface area contributed by atoms with Gasteiger partial charge in [-0.05, 0) is 67.9 Å². The topological polar surface area (TPSA) is 99.4 Å². The second-order valence-corrected chi connectivity index (χ2v) is 15.5. The van der Waals surface area contributed by atoms with Gasteiger partial charge in [0.15, 0.2) is 0 Å². The molecule has 6 aromatic rings. The number of methoxy groups -OCH3 is 1. The lowest BCUT2D eigenvalue weighted by atomic mass is 9.88. The molecule has 6 rings (SSSR count). The number of aromatic nitrogens is 4. The summed E-state index contributed by atoms with van der Waals surface area (Å²) in [5.74, 6) is -0.0163. The average Bonchev–Trinajstić information content (AvgIpc) is 3.33. The summed E-state index contributed by atoms with van der Waals surface area (Å²) >= 11 is 1.73. The zero-order chi connectivity index (χ0) is 34.9. The Labute approximate surface area is 289 Å². The van der Waals surface area contributed by atoms with Gasteiger partial charge in [0, 0.05) is 56.2 Å². The van der Waals surface area contributed by atoms with Crippen molar-refractivity contribution < 1.29 is 23.8 Å². The number of hydrogen-bond donors (Lipinski definition) is 1. The van der Waals surface area contributed by atoms with Crippen LogP contribution in [0.3, 0.4) is 0 Å². The van der Waals surface area contributed by atoms with Crippen LogP contribution in [0.2, 0.25) is 0 Å². The lowest BCUT2D eigenvalue weighted by Crippen LogP contribution is -2.28. The van der Waals surface area contributed by atoms with E-state index in [1.165, 1.54) is 12.1 Å². The van der Waals surface area contributed by atoms with Crippen LogP contribution in [0.25, 0.3) is 33.1 Å². The minimum Gasteiger partial charge on any atom is -0.487 e. The van der Waals surface area contributed by atoms with Crippen LogP contribution >= 0.6 is 11.8 Å². The zero-order valence-electron chi connectivity index (χ0n) is 28.5. The van der Waals surface area contributed by atoms with Crippen LogP contribution in [0.15, 0.2) is 89.8 Å². The molecule has 0 unspecified atom stereocenters. The Hall–Kier alpha value is -4.96. The zero-order valence-corrected chi connectivity index (χ0v) is 29.3. The summed E-state index contributed by atoms with van der Waals surface area (Å²) in [6.45, 7) is 10.8. The Morgan fingerprint density at radius 1 is 0.918 bits per heavy atom. The first-order chi connectivity index (χ1) is 23.3. The lowest BCUT2D eigenvalue weighted by Gasteiger charge is -2.24. The van der Waals surface area contributed by atoms with Crippen LogP contribution in [-0.4, -0.2) is 42.7 Å². The van der Waals surface area contributed by atoms with E-state index in [1.54, 1.807) is 44.9 Å². The van der Waals surface area contributed by atoms with Gasteiger partial charge in [0.05, 0.1) is 29.4 Å². The predicted molar refractivity (Wildman–Crippen MR) is 192 cm³/mol. The number of nitrogens with zero attached hydrogens (tertiary/aromatic N) is 4. The van der Waals surface area contributed by atoms with Crippen molar-refractivity contribution in [1.82, 2.24) is 19.7 Å². The van der Waals surface area contributed by atoms with Crippen molar-refractivity contribution in [2.75, 3.05) is 7.11 Å².